The molecule has 7 nitrogen and oxygen atoms in total. The summed E-state index contributed by atoms with van der Waals surface area (Å²) in [7, 11) is 0. The molecule has 0 N–H and O–H groups in total. The lowest BCUT2D eigenvalue weighted by Crippen LogP contribution is -2.37. The Hall–Kier alpha value is -1.57. The molecule has 0 spiro atoms. The monoisotopic (exact) mass is 317 g/mol. The summed E-state index contributed by atoms with van der Waals surface area (Å²) >= 11 is 0.993. The predicted molar refractivity (Wildman–Crippen MR) is 75.5 cm³/mol. The van der Waals surface area contributed by atoms with E-state index >= 15 is 0 Å². The number of hydrogen-bond donors (Lipinski definition) is 0. The summed E-state index contributed by atoms with van der Waals surface area (Å²) in [5.41, 5.74) is 0. The van der Waals surface area contributed by atoms with Crippen LogP contribution < -0.4 is 0 Å². The standard InChI is InChI=1S/C13H19NO6S/c1-4-19-11(16)9(8(2)12(17)21-3)7-10(15)14-5-6-20-13(14)18/h8-9H,4-7H2,1-3H3/t8-,9-/m0/s1. The molecule has 0 unspecified atom stereocenters. The van der Waals surface area contributed by atoms with E-state index < -0.39 is 29.8 Å². The second-order valence-electron chi connectivity index (χ2n) is 4.53. The fraction of sp³-hybridized carbons (Fsp3) is 0.692. The van der Waals surface area contributed by atoms with E-state index in [2.05, 4.69) is 4.74 Å². The van der Waals surface area contributed by atoms with Crippen LogP contribution in [0.15, 0.2) is 0 Å². The molecule has 0 aliphatic carbocycles. The quantitative estimate of drug-likeness (QED) is 0.677. The minimum atomic E-state index is -0.897. The van der Waals surface area contributed by atoms with Crippen molar-refractivity contribution in [3.8, 4) is 0 Å². The number of rotatable bonds is 6. The van der Waals surface area contributed by atoms with Crippen LogP contribution in [0.25, 0.3) is 0 Å². The highest BCUT2D eigenvalue weighted by molar-refractivity contribution is 8.13. The van der Waals surface area contributed by atoms with Gasteiger partial charge in [0.25, 0.3) is 0 Å². The van der Waals surface area contributed by atoms with Gasteiger partial charge < -0.3 is 9.47 Å². The molecule has 21 heavy (non-hydrogen) atoms. The van der Waals surface area contributed by atoms with Crippen molar-refractivity contribution in [2.45, 2.75) is 20.3 Å². The van der Waals surface area contributed by atoms with Gasteiger partial charge in [-0.1, -0.05) is 18.7 Å². The number of carbonyl (C=O) groups excluding carboxylic acids is 4. The lowest BCUT2D eigenvalue weighted by atomic mass is 9.91. The number of hydrogen-bond acceptors (Lipinski definition) is 7. The van der Waals surface area contributed by atoms with E-state index in [0.29, 0.717) is 0 Å². The van der Waals surface area contributed by atoms with Gasteiger partial charge in [-0.25, -0.2) is 9.69 Å². The second kappa shape index (κ2) is 8.02. The second-order valence-corrected chi connectivity index (χ2v) is 5.34. The maximum atomic E-state index is 12.1. The molecule has 0 bridgehead atoms. The molecule has 0 aromatic heterocycles. The van der Waals surface area contributed by atoms with Crippen molar-refractivity contribution in [3.05, 3.63) is 0 Å². The predicted octanol–water partition coefficient (Wildman–Crippen LogP) is 1.06. The fourth-order valence-electron chi connectivity index (χ4n) is 1.98. The van der Waals surface area contributed by atoms with E-state index in [9.17, 15) is 19.2 Å². The van der Waals surface area contributed by atoms with Gasteiger partial charge in [0.2, 0.25) is 5.91 Å². The Balaban J connectivity index is 2.81. The number of esters is 1. The Morgan fingerprint density at radius 1 is 1.43 bits per heavy atom. The Bertz CT molecular complexity index is 438. The van der Waals surface area contributed by atoms with Crippen molar-refractivity contribution in [2.24, 2.45) is 11.8 Å². The van der Waals surface area contributed by atoms with Crippen molar-refractivity contribution in [1.82, 2.24) is 4.90 Å². The van der Waals surface area contributed by atoms with Gasteiger partial charge in [0.1, 0.15) is 6.61 Å². The Morgan fingerprint density at radius 2 is 2.10 bits per heavy atom. The molecule has 1 rings (SSSR count). The first-order valence-electron chi connectivity index (χ1n) is 6.63. The molecular formula is C13H19NO6S. The molecule has 1 aliphatic rings. The van der Waals surface area contributed by atoms with E-state index in [0.717, 1.165) is 16.7 Å². The van der Waals surface area contributed by atoms with Gasteiger partial charge in [-0.3, -0.25) is 14.4 Å². The highest BCUT2D eigenvalue weighted by Gasteiger charge is 2.37. The van der Waals surface area contributed by atoms with Gasteiger partial charge in [-0.15, -0.1) is 0 Å². The Labute approximate surface area is 127 Å². The van der Waals surface area contributed by atoms with E-state index in [1.165, 1.54) is 0 Å². The summed E-state index contributed by atoms with van der Waals surface area (Å²) in [5.74, 6) is -2.70. The third-order valence-corrected chi connectivity index (χ3v) is 4.00. The van der Waals surface area contributed by atoms with Gasteiger partial charge >= 0.3 is 12.1 Å². The van der Waals surface area contributed by atoms with Crippen LogP contribution in [-0.4, -0.2) is 54.0 Å². The first-order valence-corrected chi connectivity index (χ1v) is 7.86. The molecule has 8 heteroatoms. The van der Waals surface area contributed by atoms with Gasteiger partial charge in [0.05, 0.1) is 19.1 Å². The topological polar surface area (TPSA) is 90.0 Å². The Morgan fingerprint density at radius 3 is 2.57 bits per heavy atom. The van der Waals surface area contributed by atoms with Crippen LogP contribution >= 0.6 is 11.8 Å². The smallest absolute Gasteiger partial charge is 0.416 e. The number of thioether (sulfide) groups is 1. The molecule has 0 aromatic carbocycles. The molecular weight excluding hydrogens is 298 g/mol. The molecule has 2 amide bonds. The highest BCUT2D eigenvalue weighted by Crippen LogP contribution is 2.24. The minimum Gasteiger partial charge on any atom is -0.466 e. The zero-order valence-corrected chi connectivity index (χ0v) is 13.1. The first-order chi connectivity index (χ1) is 9.92. The largest absolute Gasteiger partial charge is 0.466 e. The van der Waals surface area contributed by atoms with Crippen LogP contribution in [0.4, 0.5) is 4.79 Å². The average Bonchev–Trinajstić information content (AvgIpc) is 2.89. The molecule has 0 aromatic rings. The van der Waals surface area contributed by atoms with Crippen molar-refractivity contribution in [2.75, 3.05) is 26.0 Å². The number of nitrogens with zero attached hydrogens (tertiary/aromatic N) is 1. The summed E-state index contributed by atoms with van der Waals surface area (Å²) in [4.78, 5) is 48.1. The normalized spacial score (nSPS) is 17.1. The fourth-order valence-corrected chi connectivity index (χ4v) is 2.52. The molecule has 0 radical (unpaired) electrons. The van der Waals surface area contributed by atoms with Crippen LogP contribution in [0.5, 0.6) is 0 Å². The first kappa shape index (κ1) is 17.5. The van der Waals surface area contributed by atoms with Gasteiger partial charge in [0.15, 0.2) is 5.12 Å². The summed E-state index contributed by atoms with van der Waals surface area (Å²) in [6.07, 6.45) is 0.647. The summed E-state index contributed by atoms with van der Waals surface area (Å²) in [6.45, 7) is 3.70. The lowest BCUT2D eigenvalue weighted by molar-refractivity contribution is -0.153. The zero-order chi connectivity index (χ0) is 16.0. The maximum absolute atomic E-state index is 12.1. The van der Waals surface area contributed by atoms with Gasteiger partial charge in [-0.05, 0) is 13.2 Å². The van der Waals surface area contributed by atoms with Crippen LogP contribution in [-0.2, 0) is 23.9 Å². The molecule has 118 valence electrons. The van der Waals surface area contributed by atoms with Crippen LogP contribution in [0, 0.1) is 11.8 Å². The number of amides is 2. The van der Waals surface area contributed by atoms with Crippen molar-refractivity contribution >= 4 is 34.8 Å². The molecule has 1 fully saturated rings. The molecule has 1 aliphatic heterocycles. The van der Waals surface area contributed by atoms with E-state index in [-0.39, 0.29) is 31.3 Å². The number of imide groups is 1. The molecule has 1 heterocycles. The van der Waals surface area contributed by atoms with Crippen molar-refractivity contribution in [1.29, 1.82) is 0 Å². The van der Waals surface area contributed by atoms with E-state index in [1.807, 2.05) is 0 Å². The maximum Gasteiger partial charge on any atom is 0.416 e. The van der Waals surface area contributed by atoms with Crippen LogP contribution in [0.2, 0.25) is 0 Å². The molecule has 0 saturated carbocycles. The van der Waals surface area contributed by atoms with Gasteiger partial charge in [0, 0.05) is 12.3 Å². The lowest BCUT2D eigenvalue weighted by Gasteiger charge is -2.21. The van der Waals surface area contributed by atoms with Crippen molar-refractivity contribution in [3.63, 3.8) is 0 Å². The number of carbonyl (C=O) groups is 4. The van der Waals surface area contributed by atoms with Crippen LogP contribution in [0.3, 0.4) is 0 Å². The summed E-state index contributed by atoms with van der Waals surface area (Å²) in [5, 5.41) is -0.204. The van der Waals surface area contributed by atoms with Gasteiger partial charge in [-0.2, -0.15) is 0 Å². The number of ether oxygens (including phenoxy) is 2. The zero-order valence-electron chi connectivity index (χ0n) is 12.3. The molecule has 2 atom stereocenters. The van der Waals surface area contributed by atoms with E-state index in [1.54, 1.807) is 20.1 Å². The third kappa shape index (κ3) is 4.45. The van der Waals surface area contributed by atoms with Crippen molar-refractivity contribution < 1.29 is 28.7 Å². The van der Waals surface area contributed by atoms with Crippen LogP contribution in [0.1, 0.15) is 20.3 Å². The Kier molecular flexibility index (Phi) is 6.67. The third-order valence-electron chi connectivity index (χ3n) is 3.22. The molecule has 1 saturated heterocycles. The summed E-state index contributed by atoms with van der Waals surface area (Å²) in [6, 6.07) is 0. The highest BCUT2D eigenvalue weighted by atomic mass is 32.2. The average molecular weight is 317 g/mol. The SMILES string of the molecule is CCOC(=O)[C@@H](CC(=O)N1CCOC1=O)[C@H](C)C(=O)SC. The van der Waals surface area contributed by atoms with E-state index in [4.69, 9.17) is 4.74 Å². The summed E-state index contributed by atoms with van der Waals surface area (Å²) < 4.78 is 9.61. The minimum absolute atomic E-state index is 0.147. The number of cyclic esters (lactones) is 1.